The lowest BCUT2D eigenvalue weighted by Gasteiger charge is -2.13. The number of benzene rings is 1. The van der Waals surface area contributed by atoms with Gasteiger partial charge in [0.1, 0.15) is 0 Å². The molecule has 0 amide bonds. The first kappa shape index (κ1) is 10.3. The molecule has 0 saturated carbocycles. The number of phenolic OH excluding ortho intramolecular Hbond substituents is 2. The summed E-state index contributed by atoms with van der Waals surface area (Å²) in [4.78, 5) is 0. The molecule has 0 aliphatic heterocycles. The molecule has 1 atom stereocenters. The van der Waals surface area contributed by atoms with Crippen LogP contribution in [0.2, 0.25) is 0 Å². The average molecular weight is 247 g/mol. The molecule has 0 saturated heterocycles. The van der Waals surface area contributed by atoms with Gasteiger partial charge in [-0.05, 0) is 12.1 Å². The Kier molecular flexibility index (Phi) is 3.17. The summed E-state index contributed by atoms with van der Waals surface area (Å²) in [5, 5.41) is 27.6. The van der Waals surface area contributed by atoms with Crippen LogP contribution in [0.25, 0.3) is 0 Å². The highest BCUT2D eigenvalue weighted by molar-refractivity contribution is 9.10. The van der Waals surface area contributed by atoms with Crippen molar-refractivity contribution in [3.05, 3.63) is 22.2 Å². The van der Waals surface area contributed by atoms with E-state index in [9.17, 15) is 10.2 Å². The first-order chi connectivity index (χ1) is 6.07. The van der Waals surface area contributed by atoms with Gasteiger partial charge in [-0.1, -0.05) is 22.9 Å². The second kappa shape index (κ2) is 3.98. The van der Waals surface area contributed by atoms with E-state index in [1.165, 1.54) is 6.07 Å². The minimum atomic E-state index is -0.207. The lowest BCUT2D eigenvalue weighted by molar-refractivity contribution is 0.269. The highest BCUT2D eigenvalue weighted by atomic mass is 79.9. The first-order valence-corrected chi connectivity index (χ1v) is 4.68. The summed E-state index contributed by atoms with van der Waals surface area (Å²) in [7, 11) is 0. The van der Waals surface area contributed by atoms with E-state index >= 15 is 0 Å². The summed E-state index contributed by atoms with van der Waals surface area (Å²) in [6, 6.07) is 3.03. The van der Waals surface area contributed by atoms with Gasteiger partial charge in [-0.15, -0.1) is 0 Å². The molecule has 4 heteroatoms. The van der Waals surface area contributed by atoms with Crippen LogP contribution >= 0.6 is 15.9 Å². The second-order valence-electron chi connectivity index (χ2n) is 2.91. The van der Waals surface area contributed by atoms with Gasteiger partial charge in [0.05, 0.1) is 0 Å². The van der Waals surface area contributed by atoms with Crippen LogP contribution in [0, 0.1) is 0 Å². The Morgan fingerprint density at radius 2 is 2.00 bits per heavy atom. The van der Waals surface area contributed by atoms with E-state index in [0.717, 1.165) is 0 Å². The first-order valence-electron chi connectivity index (χ1n) is 3.89. The molecule has 0 bridgehead atoms. The summed E-state index contributed by atoms with van der Waals surface area (Å²) in [5.41, 5.74) is 0.530. The predicted molar refractivity (Wildman–Crippen MR) is 53.0 cm³/mol. The van der Waals surface area contributed by atoms with E-state index in [2.05, 4.69) is 15.9 Å². The number of hydrogen-bond donors (Lipinski definition) is 3. The zero-order valence-corrected chi connectivity index (χ0v) is 8.74. The van der Waals surface area contributed by atoms with Crippen molar-refractivity contribution in [1.82, 2.24) is 0 Å². The van der Waals surface area contributed by atoms with Gasteiger partial charge in [-0.25, -0.2) is 0 Å². The van der Waals surface area contributed by atoms with E-state index in [4.69, 9.17) is 5.11 Å². The number of rotatable bonds is 2. The molecule has 3 N–H and O–H groups in total. The summed E-state index contributed by atoms with van der Waals surface area (Å²) in [5.74, 6) is -0.545. The largest absolute Gasteiger partial charge is 0.504 e. The molecule has 72 valence electrons. The van der Waals surface area contributed by atoms with Crippen LogP contribution in [-0.4, -0.2) is 21.9 Å². The molecule has 3 nitrogen and oxygen atoms in total. The maximum Gasteiger partial charge on any atom is 0.162 e. The van der Waals surface area contributed by atoms with E-state index in [0.29, 0.717) is 10.0 Å². The number of aliphatic hydroxyl groups excluding tert-OH is 1. The van der Waals surface area contributed by atoms with Crippen molar-refractivity contribution in [2.75, 3.05) is 6.61 Å². The van der Waals surface area contributed by atoms with E-state index in [1.54, 1.807) is 13.0 Å². The molecule has 0 aliphatic carbocycles. The summed E-state index contributed by atoms with van der Waals surface area (Å²) < 4.78 is 0.685. The molecule has 1 unspecified atom stereocenters. The molecule has 0 fully saturated rings. The van der Waals surface area contributed by atoms with Crippen molar-refractivity contribution in [3.8, 4) is 11.5 Å². The Bertz CT molecular complexity index is 312. The fourth-order valence-electron chi connectivity index (χ4n) is 1.13. The van der Waals surface area contributed by atoms with Crippen molar-refractivity contribution in [2.45, 2.75) is 12.8 Å². The quantitative estimate of drug-likeness (QED) is 0.700. The van der Waals surface area contributed by atoms with Gasteiger partial charge in [0, 0.05) is 22.6 Å². The molecular formula is C9H11BrO3. The molecule has 1 aromatic rings. The van der Waals surface area contributed by atoms with Gasteiger partial charge in [-0.3, -0.25) is 0 Å². The van der Waals surface area contributed by atoms with Crippen LogP contribution < -0.4 is 0 Å². The Morgan fingerprint density at radius 1 is 1.38 bits per heavy atom. The van der Waals surface area contributed by atoms with Crippen LogP contribution in [-0.2, 0) is 0 Å². The van der Waals surface area contributed by atoms with Crippen molar-refractivity contribution in [2.24, 2.45) is 0 Å². The number of halogens is 1. The van der Waals surface area contributed by atoms with E-state index in [-0.39, 0.29) is 24.0 Å². The SMILES string of the molecule is CC(CO)c1c(Br)ccc(O)c1O. The van der Waals surface area contributed by atoms with E-state index in [1.807, 2.05) is 0 Å². The maximum atomic E-state index is 9.49. The zero-order chi connectivity index (χ0) is 10.0. The fourth-order valence-corrected chi connectivity index (χ4v) is 1.84. The third-order valence-electron chi connectivity index (χ3n) is 1.91. The van der Waals surface area contributed by atoms with Gasteiger partial charge >= 0.3 is 0 Å². The van der Waals surface area contributed by atoms with Gasteiger partial charge in [0.2, 0.25) is 0 Å². The third kappa shape index (κ3) is 1.95. The number of aromatic hydroxyl groups is 2. The Hall–Kier alpha value is -0.740. The van der Waals surface area contributed by atoms with Crippen molar-refractivity contribution in [3.63, 3.8) is 0 Å². The van der Waals surface area contributed by atoms with Gasteiger partial charge in [0.25, 0.3) is 0 Å². The van der Waals surface area contributed by atoms with Gasteiger partial charge in [-0.2, -0.15) is 0 Å². The summed E-state index contributed by atoms with van der Waals surface area (Å²) in [6.07, 6.45) is 0. The molecule has 0 heterocycles. The molecule has 0 aliphatic rings. The maximum absolute atomic E-state index is 9.49. The number of hydrogen-bond acceptors (Lipinski definition) is 3. The van der Waals surface area contributed by atoms with Crippen molar-refractivity contribution >= 4 is 15.9 Å². The highest BCUT2D eigenvalue weighted by Crippen LogP contribution is 2.38. The monoisotopic (exact) mass is 246 g/mol. The molecule has 0 aromatic heterocycles. The number of aliphatic hydroxyl groups is 1. The molecule has 0 radical (unpaired) electrons. The van der Waals surface area contributed by atoms with Crippen molar-refractivity contribution in [1.29, 1.82) is 0 Å². The molecule has 1 rings (SSSR count). The number of phenols is 2. The summed E-state index contributed by atoms with van der Waals surface area (Å²) >= 11 is 3.24. The summed E-state index contributed by atoms with van der Waals surface area (Å²) in [6.45, 7) is 1.69. The van der Waals surface area contributed by atoms with Crippen LogP contribution in [0.4, 0.5) is 0 Å². The lowest BCUT2D eigenvalue weighted by Crippen LogP contribution is -2.00. The smallest absolute Gasteiger partial charge is 0.162 e. The van der Waals surface area contributed by atoms with Crippen LogP contribution in [0.1, 0.15) is 18.4 Å². The third-order valence-corrected chi connectivity index (χ3v) is 2.60. The van der Waals surface area contributed by atoms with Crippen LogP contribution in [0.5, 0.6) is 11.5 Å². The molecule has 0 spiro atoms. The van der Waals surface area contributed by atoms with Crippen LogP contribution in [0.3, 0.4) is 0 Å². The van der Waals surface area contributed by atoms with E-state index < -0.39 is 0 Å². The Morgan fingerprint density at radius 3 is 2.54 bits per heavy atom. The Balaban J connectivity index is 3.25. The molecule has 1 aromatic carbocycles. The zero-order valence-electron chi connectivity index (χ0n) is 7.16. The lowest BCUT2D eigenvalue weighted by atomic mass is 10.0. The molecular weight excluding hydrogens is 236 g/mol. The van der Waals surface area contributed by atoms with Crippen molar-refractivity contribution < 1.29 is 15.3 Å². The fraction of sp³-hybridized carbons (Fsp3) is 0.333. The topological polar surface area (TPSA) is 60.7 Å². The minimum Gasteiger partial charge on any atom is -0.504 e. The van der Waals surface area contributed by atoms with Gasteiger partial charge < -0.3 is 15.3 Å². The standard InChI is InChI=1S/C9H11BrO3/c1-5(4-11)8-6(10)2-3-7(12)9(8)13/h2-3,5,11-13H,4H2,1H3. The minimum absolute atomic E-state index is 0.0738. The van der Waals surface area contributed by atoms with Crippen LogP contribution in [0.15, 0.2) is 16.6 Å². The second-order valence-corrected chi connectivity index (χ2v) is 3.77. The normalized spacial score (nSPS) is 12.8. The Labute approximate surface area is 84.8 Å². The van der Waals surface area contributed by atoms with Gasteiger partial charge in [0.15, 0.2) is 11.5 Å². The molecule has 13 heavy (non-hydrogen) atoms. The predicted octanol–water partition coefficient (Wildman–Crippen LogP) is 1.96. The average Bonchev–Trinajstić information content (AvgIpc) is 2.12. The highest BCUT2D eigenvalue weighted by Gasteiger charge is 2.16.